The van der Waals surface area contributed by atoms with Crippen molar-refractivity contribution in [3.05, 3.63) is 65.5 Å². The minimum Gasteiger partial charge on any atom is -0.473 e. The van der Waals surface area contributed by atoms with Crippen molar-refractivity contribution < 1.29 is 37.3 Å². The Morgan fingerprint density at radius 2 is 1.55 bits per heavy atom. The lowest BCUT2D eigenvalue weighted by atomic mass is 10.2. The van der Waals surface area contributed by atoms with E-state index >= 15 is 0 Å². The lowest BCUT2D eigenvalue weighted by molar-refractivity contribution is -0.159. The maximum atomic E-state index is 13.6. The van der Waals surface area contributed by atoms with Gasteiger partial charge in [0.15, 0.2) is 0 Å². The van der Waals surface area contributed by atoms with Gasteiger partial charge in [0.2, 0.25) is 10.0 Å². The van der Waals surface area contributed by atoms with Crippen LogP contribution in [0, 0.1) is 5.82 Å². The first kappa shape index (κ1) is 24.4. The summed E-state index contributed by atoms with van der Waals surface area (Å²) in [5, 5.41) is 17.9. The van der Waals surface area contributed by atoms with Crippen LogP contribution in [-0.2, 0) is 37.4 Å². The number of nitrogens with one attached hydrogen (secondary N) is 1. The lowest BCUT2D eigenvalue weighted by Gasteiger charge is -2.26. The Balaban J connectivity index is 0.000000501. The highest BCUT2D eigenvalue weighted by atomic mass is 32.2. The quantitative estimate of drug-likeness (QED) is 0.556. The Morgan fingerprint density at radius 1 is 0.968 bits per heavy atom. The molecule has 0 radical (unpaired) electrons. The summed E-state index contributed by atoms with van der Waals surface area (Å²) in [5.74, 6) is -3.88. The Bertz CT molecular complexity index is 979. The van der Waals surface area contributed by atoms with Crippen molar-refractivity contribution in [3.63, 3.8) is 0 Å². The van der Waals surface area contributed by atoms with E-state index < -0.39 is 22.0 Å². The van der Waals surface area contributed by atoms with Gasteiger partial charge in [-0.1, -0.05) is 30.3 Å². The number of benzene rings is 2. The zero-order valence-electron chi connectivity index (χ0n) is 16.5. The van der Waals surface area contributed by atoms with Crippen LogP contribution in [0.15, 0.2) is 53.4 Å². The molecule has 0 unspecified atom stereocenters. The molecular weight excluding hydrogens is 431 g/mol. The topological polar surface area (TPSA) is 133 Å². The van der Waals surface area contributed by atoms with E-state index in [9.17, 15) is 12.8 Å². The van der Waals surface area contributed by atoms with Gasteiger partial charge >= 0.3 is 11.9 Å². The largest absolute Gasteiger partial charge is 0.473 e. The standard InChI is InChI=1S/C18H21FN2O3S.C2H2O4/c19-18-4-2-1-3-16(18)14-20-13-15-5-7-17(8-6-15)25(22,23)21-9-11-24-12-10-21;3-1(4)2(5)6/h1-8,20H,9-14H2;(H,3,4)(H,5,6). The molecule has 0 aromatic heterocycles. The number of nitrogens with zero attached hydrogens (tertiary/aromatic N) is 1. The molecule has 11 heteroatoms. The molecule has 1 aliphatic heterocycles. The molecule has 1 saturated heterocycles. The summed E-state index contributed by atoms with van der Waals surface area (Å²) in [4.78, 5) is 18.5. The maximum absolute atomic E-state index is 13.6. The van der Waals surface area contributed by atoms with Crippen molar-refractivity contribution in [3.8, 4) is 0 Å². The third-order valence-electron chi connectivity index (χ3n) is 4.32. The Hall–Kier alpha value is -2.86. The molecule has 0 saturated carbocycles. The van der Waals surface area contributed by atoms with Gasteiger partial charge in [-0.05, 0) is 23.8 Å². The Kier molecular flexibility index (Phi) is 9.06. The summed E-state index contributed by atoms with van der Waals surface area (Å²) < 4.78 is 45.3. The number of halogens is 1. The van der Waals surface area contributed by atoms with Gasteiger partial charge in [0.05, 0.1) is 18.1 Å². The second kappa shape index (κ2) is 11.5. The van der Waals surface area contributed by atoms with Gasteiger partial charge in [-0.3, -0.25) is 0 Å². The normalized spacial score (nSPS) is 14.4. The molecule has 31 heavy (non-hydrogen) atoms. The summed E-state index contributed by atoms with van der Waals surface area (Å²) in [6, 6.07) is 13.4. The minimum absolute atomic E-state index is 0.234. The average Bonchev–Trinajstić information content (AvgIpc) is 2.76. The van der Waals surface area contributed by atoms with Crippen molar-refractivity contribution >= 4 is 22.0 Å². The van der Waals surface area contributed by atoms with Gasteiger partial charge in [0.1, 0.15) is 5.82 Å². The highest BCUT2D eigenvalue weighted by Crippen LogP contribution is 2.17. The van der Waals surface area contributed by atoms with Gasteiger partial charge in [-0.2, -0.15) is 4.31 Å². The SMILES string of the molecule is O=C(O)C(=O)O.O=S(=O)(c1ccc(CNCc2ccccc2F)cc1)N1CCOCC1. The lowest BCUT2D eigenvalue weighted by Crippen LogP contribution is -2.40. The van der Waals surface area contributed by atoms with Crippen LogP contribution in [0.4, 0.5) is 4.39 Å². The summed E-state index contributed by atoms with van der Waals surface area (Å²) in [5.41, 5.74) is 1.55. The summed E-state index contributed by atoms with van der Waals surface area (Å²) in [7, 11) is -3.46. The predicted octanol–water partition coefficient (Wildman–Crippen LogP) is 1.29. The molecule has 0 aliphatic carbocycles. The van der Waals surface area contributed by atoms with Crippen LogP contribution in [0.3, 0.4) is 0 Å². The third-order valence-corrected chi connectivity index (χ3v) is 6.23. The van der Waals surface area contributed by atoms with E-state index in [2.05, 4.69) is 5.32 Å². The van der Waals surface area contributed by atoms with E-state index in [4.69, 9.17) is 24.5 Å². The fourth-order valence-electron chi connectivity index (χ4n) is 2.70. The monoisotopic (exact) mass is 454 g/mol. The number of morpholine rings is 1. The van der Waals surface area contributed by atoms with Crippen LogP contribution < -0.4 is 5.32 Å². The number of carboxylic acids is 2. The smallest absolute Gasteiger partial charge is 0.414 e. The van der Waals surface area contributed by atoms with Gasteiger partial charge in [0, 0.05) is 31.7 Å². The number of ether oxygens (including phenoxy) is 1. The zero-order chi connectivity index (χ0) is 22.9. The van der Waals surface area contributed by atoms with Crippen molar-refractivity contribution in [2.24, 2.45) is 0 Å². The summed E-state index contributed by atoms with van der Waals surface area (Å²) in [6.45, 7) is 2.57. The van der Waals surface area contributed by atoms with Crippen LogP contribution >= 0.6 is 0 Å². The average molecular weight is 454 g/mol. The number of carbonyl (C=O) groups is 2. The fourth-order valence-corrected chi connectivity index (χ4v) is 4.11. The maximum Gasteiger partial charge on any atom is 0.414 e. The second-order valence-electron chi connectivity index (χ2n) is 6.47. The number of rotatable bonds is 6. The number of sulfonamides is 1. The molecule has 1 aliphatic rings. The summed E-state index contributed by atoms with van der Waals surface area (Å²) >= 11 is 0. The van der Waals surface area contributed by atoms with E-state index in [1.807, 2.05) is 0 Å². The highest BCUT2D eigenvalue weighted by molar-refractivity contribution is 7.89. The van der Waals surface area contributed by atoms with Gasteiger partial charge in [-0.25, -0.2) is 22.4 Å². The molecule has 3 rings (SSSR count). The molecule has 0 atom stereocenters. The molecule has 9 nitrogen and oxygen atoms in total. The number of hydrogen-bond acceptors (Lipinski definition) is 6. The molecule has 1 heterocycles. The van der Waals surface area contributed by atoms with E-state index in [1.165, 1.54) is 10.4 Å². The number of carboxylic acid groups (broad SMARTS) is 2. The van der Waals surface area contributed by atoms with Crippen LogP contribution in [0.2, 0.25) is 0 Å². The molecule has 168 valence electrons. The minimum atomic E-state index is -3.46. The van der Waals surface area contributed by atoms with Crippen molar-refractivity contribution in [2.75, 3.05) is 26.3 Å². The highest BCUT2D eigenvalue weighted by Gasteiger charge is 2.25. The van der Waals surface area contributed by atoms with Crippen molar-refractivity contribution in [1.29, 1.82) is 0 Å². The van der Waals surface area contributed by atoms with E-state index in [-0.39, 0.29) is 10.7 Å². The fraction of sp³-hybridized carbons (Fsp3) is 0.300. The first-order valence-corrected chi connectivity index (χ1v) is 10.7. The van der Waals surface area contributed by atoms with E-state index in [0.29, 0.717) is 45.0 Å². The van der Waals surface area contributed by atoms with Crippen molar-refractivity contribution in [1.82, 2.24) is 9.62 Å². The second-order valence-corrected chi connectivity index (χ2v) is 8.40. The first-order chi connectivity index (χ1) is 14.7. The summed E-state index contributed by atoms with van der Waals surface area (Å²) in [6.07, 6.45) is 0. The molecule has 0 spiro atoms. The number of aliphatic carboxylic acids is 2. The molecule has 2 aromatic carbocycles. The zero-order valence-corrected chi connectivity index (χ0v) is 17.3. The molecule has 1 fully saturated rings. The van der Waals surface area contributed by atoms with Crippen molar-refractivity contribution in [2.45, 2.75) is 18.0 Å². The van der Waals surface area contributed by atoms with Crippen LogP contribution in [-0.4, -0.2) is 61.2 Å². The van der Waals surface area contributed by atoms with Gasteiger partial charge in [-0.15, -0.1) is 0 Å². The van der Waals surface area contributed by atoms with Crippen LogP contribution in [0.25, 0.3) is 0 Å². The Labute approximate surface area is 179 Å². The molecular formula is C20H23FN2O7S. The molecule has 0 bridgehead atoms. The van der Waals surface area contributed by atoms with Gasteiger partial charge < -0.3 is 20.3 Å². The predicted molar refractivity (Wildman–Crippen MR) is 108 cm³/mol. The van der Waals surface area contributed by atoms with Crippen LogP contribution in [0.5, 0.6) is 0 Å². The molecule has 3 N–H and O–H groups in total. The molecule has 0 amide bonds. The first-order valence-electron chi connectivity index (χ1n) is 9.29. The van der Waals surface area contributed by atoms with Crippen LogP contribution in [0.1, 0.15) is 11.1 Å². The Morgan fingerprint density at radius 3 is 2.10 bits per heavy atom. The number of hydrogen-bond donors (Lipinski definition) is 3. The van der Waals surface area contributed by atoms with Gasteiger partial charge in [0.25, 0.3) is 0 Å². The van der Waals surface area contributed by atoms with E-state index in [0.717, 1.165) is 5.56 Å². The molecule has 2 aromatic rings. The van der Waals surface area contributed by atoms with E-state index in [1.54, 1.807) is 42.5 Å². The third kappa shape index (κ3) is 7.40.